The van der Waals surface area contributed by atoms with Gasteiger partial charge in [0, 0.05) is 23.7 Å². The van der Waals surface area contributed by atoms with Crippen LogP contribution in [0, 0.1) is 17.8 Å². The summed E-state index contributed by atoms with van der Waals surface area (Å²) in [5.41, 5.74) is 3.54. The number of carbonyl (C=O) groups excluding carboxylic acids is 2. The maximum absolute atomic E-state index is 13.1. The van der Waals surface area contributed by atoms with E-state index in [0.717, 1.165) is 31.2 Å². The number of rotatable bonds is 3. The first-order chi connectivity index (χ1) is 19.7. The Morgan fingerprint density at radius 2 is 1.98 bits per heavy atom. The van der Waals surface area contributed by atoms with Crippen molar-refractivity contribution < 1.29 is 23.3 Å². The molecule has 0 radical (unpaired) electrons. The third-order valence-electron chi connectivity index (χ3n) is 7.93. The highest BCUT2D eigenvalue weighted by Gasteiger charge is 2.26. The molecule has 0 fully saturated rings. The molecule has 4 rings (SSSR count). The number of benzene rings is 2. The van der Waals surface area contributed by atoms with Crippen molar-refractivity contribution in [3.63, 3.8) is 0 Å². The summed E-state index contributed by atoms with van der Waals surface area (Å²) in [5.74, 6) is 0.763. The first-order valence-corrected chi connectivity index (χ1v) is 16.1. The van der Waals surface area contributed by atoms with Gasteiger partial charge < -0.3 is 27.7 Å². The van der Waals surface area contributed by atoms with E-state index in [1.807, 2.05) is 43.3 Å². The fourth-order valence-corrected chi connectivity index (χ4v) is 6.55. The molecular weight excluding hydrogens is 560 g/mol. The fraction of sp³-hybridized carbons (Fsp3) is 0.500. The molecular formula is C32H40ClN2O5S-. The zero-order valence-electron chi connectivity index (χ0n) is 24.1. The zero-order chi connectivity index (χ0) is 29.4. The van der Waals surface area contributed by atoms with Crippen LogP contribution >= 0.6 is 11.6 Å². The van der Waals surface area contributed by atoms with E-state index in [9.17, 15) is 13.8 Å². The minimum absolute atomic E-state index is 0.0184. The number of hydrogen-bond acceptors (Lipinski definition) is 7. The Kier molecular flexibility index (Phi) is 11.4. The van der Waals surface area contributed by atoms with Crippen molar-refractivity contribution in [3.8, 4) is 5.75 Å². The molecule has 2 bridgehead atoms. The Bertz CT molecular complexity index is 1340. The molecule has 0 aliphatic carbocycles. The normalized spacial score (nSPS) is 25.7. The van der Waals surface area contributed by atoms with Crippen molar-refractivity contribution >= 4 is 40.1 Å². The van der Waals surface area contributed by atoms with Crippen LogP contribution in [0.2, 0.25) is 5.02 Å². The quantitative estimate of drug-likeness (QED) is 0.219. The SMILES string of the molecule is C[C@H]1C/C=C/[C@H](OCC=O)[C@H](C)[C@@H](C)CN2Cc3ccc(Cl)cc3CCCCOc3ccc(cc32)C(=O)N=[S-](=O)C1. The molecule has 0 unspecified atom stereocenters. The number of aldehydes is 1. The minimum atomic E-state index is -1.65. The molecule has 0 N–H and O–H groups in total. The lowest BCUT2D eigenvalue weighted by Gasteiger charge is -2.34. The molecule has 0 saturated heterocycles. The molecule has 2 heterocycles. The van der Waals surface area contributed by atoms with E-state index < -0.39 is 16.5 Å². The van der Waals surface area contributed by atoms with Crippen LogP contribution in [-0.2, 0) is 37.3 Å². The van der Waals surface area contributed by atoms with Gasteiger partial charge in [-0.1, -0.05) is 62.3 Å². The van der Waals surface area contributed by atoms with Crippen LogP contribution in [0.3, 0.4) is 0 Å². The lowest BCUT2D eigenvalue weighted by Crippen LogP contribution is -2.35. The molecule has 9 heteroatoms. The number of amides is 1. The van der Waals surface area contributed by atoms with Crippen molar-refractivity contribution in [3.05, 3.63) is 70.3 Å². The van der Waals surface area contributed by atoms with Gasteiger partial charge in [0.05, 0.1) is 18.4 Å². The third-order valence-corrected chi connectivity index (χ3v) is 9.39. The van der Waals surface area contributed by atoms with Crippen molar-refractivity contribution in [1.82, 2.24) is 0 Å². The lowest BCUT2D eigenvalue weighted by atomic mass is 9.89. The van der Waals surface area contributed by atoms with Gasteiger partial charge in [-0.3, -0.25) is 4.79 Å². The van der Waals surface area contributed by atoms with Crippen molar-refractivity contribution in [2.45, 2.75) is 59.1 Å². The van der Waals surface area contributed by atoms with Gasteiger partial charge in [0.1, 0.15) is 18.6 Å². The Morgan fingerprint density at radius 1 is 1.15 bits per heavy atom. The molecule has 2 aromatic carbocycles. The molecule has 7 nitrogen and oxygen atoms in total. The second-order valence-electron chi connectivity index (χ2n) is 11.2. The van der Waals surface area contributed by atoms with E-state index in [-0.39, 0.29) is 36.2 Å². The number of hydrogen-bond donors (Lipinski definition) is 0. The number of fused-ring (bicyclic) bond motifs is 2. The Balaban J connectivity index is 1.83. The van der Waals surface area contributed by atoms with E-state index in [4.69, 9.17) is 21.1 Å². The largest absolute Gasteiger partial charge is 0.491 e. The zero-order valence-corrected chi connectivity index (χ0v) is 25.7. The number of nitrogens with zero attached hydrogens (tertiary/aromatic N) is 2. The van der Waals surface area contributed by atoms with Gasteiger partial charge in [0.25, 0.3) is 5.91 Å². The van der Waals surface area contributed by atoms with E-state index in [0.29, 0.717) is 42.5 Å². The summed E-state index contributed by atoms with van der Waals surface area (Å²) in [6, 6.07) is 11.4. The van der Waals surface area contributed by atoms with Crippen LogP contribution in [0.25, 0.3) is 0 Å². The monoisotopic (exact) mass is 599 g/mol. The minimum Gasteiger partial charge on any atom is -0.491 e. The third kappa shape index (κ3) is 8.66. The van der Waals surface area contributed by atoms with Gasteiger partial charge in [-0.05, 0) is 79.0 Å². The summed E-state index contributed by atoms with van der Waals surface area (Å²) in [7, 11) is -1.65. The topological polar surface area (TPSA) is 85.3 Å². The number of ether oxygens (including phenoxy) is 2. The van der Waals surface area contributed by atoms with Crippen LogP contribution in [0.1, 0.15) is 61.5 Å². The summed E-state index contributed by atoms with van der Waals surface area (Å²) in [6.45, 7) is 8.11. The summed E-state index contributed by atoms with van der Waals surface area (Å²) in [6.07, 6.45) is 7.97. The van der Waals surface area contributed by atoms with Crippen LogP contribution in [0.4, 0.5) is 5.69 Å². The molecule has 41 heavy (non-hydrogen) atoms. The van der Waals surface area contributed by atoms with Crippen LogP contribution < -0.4 is 9.64 Å². The van der Waals surface area contributed by atoms with Gasteiger partial charge in [-0.25, -0.2) is 0 Å². The first-order valence-electron chi connectivity index (χ1n) is 14.4. The average Bonchev–Trinajstić information content (AvgIpc) is 2.97. The Labute approximate surface area is 250 Å². The van der Waals surface area contributed by atoms with Gasteiger partial charge >= 0.3 is 0 Å². The second kappa shape index (κ2) is 15.0. The number of carbonyl (C=O) groups is 2. The van der Waals surface area contributed by atoms with Crippen molar-refractivity contribution in [2.24, 2.45) is 22.1 Å². The molecule has 0 saturated carbocycles. The maximum Gasteiger partial charge on any atom is 0.254 e. The molecule has 0 spiro atoms. The molecule has 4 atom stereocenters. The maximum atomic E-state index is 13.1. The number of anilines is 1. The van der Waals surface area contributed by atoms with Gasteiger partial charge in [-0.15, -0.1) is 0 Å². The highest BCUT2D eigenvalue weighted by atomic mass is 35.5. The Morgan fingerprint density at radius 3 is 2.78 bits per heavy atom. The molecule has 2 aliphatic rings. The van der Waals surface area contributed by atoms with E-state index in [2.05, 4.69) is 29.2 Å². The number of allylic oxidation sites excluding steroid dienone is 1. The number of aryl methyl sites for hydroxylation is 1. The fourth-order valence-electron chi connectivity index (χ4n) is 5.36. The van der Waals surface area contributed by atoms with Crippen molar-refractivity contribution in [1.29, 1.82) is 0 Å². The standard InChI is InChI=1S/C32H40ClN2O5S/c1-22-7-6-9-30(40-16-14-36)24(3)23(2)19-35-20-27-10-12-28(33)17-25(27)8-4-5-15-39-31-13-11-26(18-29(31)35)32(37)34-41(38)21-22/h6,9-14,17-18,22-24,30H,4-5,7-8,15-16,19-21H2,1-3H3/q-1/b9-6+/t22-,23-,24+,30-/m0/s1. The highest BCUT2D eigenvalue weighted by Crippen LogP contribution is 2.35. The predicted molar refractivity (Wildman–Crippen MR) is 164 cm³/mol. The smallest absolute Gasteiger partial charge is 0.254 e. The van der Waals surface area contributed by atoms with E-state index >= 15 is 0 Å². The summed E-state index contributed by atoms with van der Waals surface area (Å²) < 4.78 is 29.0. The summed E-state index contributed by atoms with van der Waals surface area (Å²) in [4.78, 5) is 26.6. The van der Waals surface area contributed by atoms with Gasteiger partial charge in [-0.2, -0.15) is 10.6 Å². The van der Waals surface area contributed by atoms with E-state index in [1.165, 1.54) is 11.1 Å². The van der Waals surface area contributed by atoms with Crippen LogP contribution in [0.15, 0.2) is 52.9 Å². The van der Waals surface area contributed by atoms with Gasteiger partial charge in [0.2, 0.25) is 0 Å². The van der Waals surface area contributed by atoms with Gasteiger partial charge in [0.15, 0.2) is 0 Å². The van der Waals surface area contributed by atoms with Crippen LogP contribution in [0.5, 0.6) is 5.75 Å². The number of halogens is 1. The molecule has 2 aliphatic heterocycles. The average molecular weight is 600 g/mol. The second-order valence-corrected chi connectivity index (χ2v) is 12.8. The van der Waals surface area contributed by atoms with Crippen LogP contribution in [-0.4, -0.2) is 43.8 Å². The Hall–Kier alpha value is -2.68. The van der Waals surface area contributed by atoms with Crippen molar-refractivity contribution in [2.75, 3.05) is 30.4 Å². The first kappa shape index (κ1) is 31.3. The lowest BCUT2D eigenvalue weighted by molar-refractivity contribution is -0.113. The molecule has 1 amide bonds. The summed E-state index contributed by atoms with van der Waals surface area (Å²) >= 11 is 6.39. The highest BCUT2D eigenvalue weighted by molar-refractivity contribution is 7.75. The summed E-state index contributed by atoms with van der Waals surface area (Å²) in [5, 5.41) is 0.712. The predicted octanol–water partition coefficient (Wildman–Crippen LogP) is 6.80. The molecule has 222 valence electrons. The molecule has 2 aromatic rings. The van der Waals surface area contributed by atoms with E-state index in [1.54, 1.807) is 6.07 Å². The molecule has 0 aromatic heterocycles.